The van der Waals surface area contributed by atoms with Gasteiger partial charge in [-0.1, -0.05) is 30.3 Å². The Kier molecular flexibility index (Phi) is 5.00. The van der Waals surface area contributed by atoms with E-state index in [1.54, 1.807) is 11.6 Å². The fraction of sp³-hybridized carbons (Fsp3) is 0.286. The predicted octanol–water partition coefficient (Wildman–Crippen LogP) is 4.10. The second-order valence-corrected chi connectivity index (χ2v) is 7.86. The van der Waals surface area contributed by atoms with E-state index in [0.29, 0.717) is 18.8 Å². The van der Waals surface area contributed by atoms with Gasteiger partial charge in [0.15, 0.2) is 0 Å². The average Bonchev–Trinajstić information content (AvgIpc) is 3.35. The van der Waals surface area contributed by atoms with Crippen LogP contribution in [0.15, 0.2) is 48.0 Å². The van der Waals surface area contributed by atoms with E-state index >= 15 is 0 Å². The molecule has 144 valence electrons. The van der Waals surface area contributed by atoms with Crippen LogP contribution < -0.4 is 0 Å². The van der Waals surface area contributed by atoms with Crippen molar-refractivity contribution in [2.24, 2.45) is 0 Å². The molecule has 0 spiro atoms. The summed E-state index contributed by atoms with van der Waals surface area (Å²) in [5.74, 6) is -0.891. The van der Waals surface area contributed by atoms with E-state index in [-0.39, 0.29) is 17.5 Å². The van der Waals surface area contributed by atoms with Crippen LogP contribution in [0.5, 0.6) is 0 Å². The van der Waals surface area contributed by atoms with Crippen molar-refractivity contribution < 1.29 is 14.7 Å². The average molecular weight is 395 g/mol. The lowest BCUT2D eigenvalue weighted by Gasteiger charge is -2.32. The van der Waals surface area contributed by atoms with Crippen molar-refractivity contribution in [1.29, 1.82) is 0 Å². The summed E-state index contributed by atoms with van der Waals surface area (Å²) in [5, 5.41) is 15.4. The number of aromatic carboxylic acids is 1. The Morgan fingerprint density at radius 3 is 2.50 bits per heavy atom. The number of aromatic nitrogens is 2. The number of hydrogen-bond acceptors (Lipinski definition) is 4. The number of hydrogen-bond donors (Lipinski definition) is 1. The summed E-state index contributed by atoms with van der Waals surface area (Å²) in [6.45, 7) is 3.06. The van der Waals surface area contributed by atoms with Crippen molar-refractivity contribution >= 4 is 23.2 Å². The number of benzene rings is 1. The number of likely N-dealkylation sites (tertiary alicyclic amines) is 1. The predicted molar refractivity (Wildman–Crippen MR) is 108 cm³/mol. The number of amides is 1. The highest BCUT2D eigenvalue weighted by atomic mass is 32.1. The van der Waals surface area contributed by atoms with Gasteiger partial charge >= 0.3 is 5.97 Å². The summed E-state index contributed by atoms with van der Waals surface area (Å²) < 4.78 is 1.80. The molecule has 7 heteroatoms. The van der Waals surface area contributed by atoms with E-state index in [9.17, 15) is 14.7 Å². The van der Waals surface area contributed by atoms with E-state index in [0.717, 1.165) is 28.8 Å². The number of rotatable bonds is 4. The van der Waals surface area contributed by atoms with E-state index in [1.165, 1.54) is 17.5 Å². The second-order valence-electron chi connectivity index (χ2n) is 6.95. The van der Waals surface area contributed by atoms with Gasteiger partial charge in [0.05, 0.1) is 22.8 Å². The lowest BCUT2D eigenvalue weighted by atomic mass is 10.0. The van der Waals surface area contributed by atoms with E-state index in [2.05, 4.69) is 5.10 Å². The Labute approximate surface area is 167 Å². The standard InChI is InChI=1S/C21H21N3O3S/c1-14-18(21(26)27)13-22-24(14)16-7-10-23(11-8-16)20(25)19-17(9-12-28-19)15-5-3-2-4-6-15/h2-6,9,12-13,16H,7-8,10-11H2,1H3,(H,26,27). The van der Waals surface area contributed by atoms with Crippen molar-refractivity contribution in [3.05, 3.63) is 64.1 Å². The van der Waals surface area contributed by atoms with Crippen molar-refractivity contribution in [2.75, 3.05) is 13.1 Å². The maximum Gasteiger partial charge on any atom is 0.339 e. The fourth-order valence-electron chi connectivity index (χ4n) is 3.78. The van der Waals surface area contributed by atoms with Gasteiger partial charge in [-0.2, -0.15) is 5.10 Å². The van der Waals surface area contributed by atoms with Crippen LogP contribution in [0.2, 0.25) is 0 Å². The monoisotopic (exact) mass is 395 g/mol. The molecule has 1 saturated heterocycles. The van der Waals surface area contributed by atoms with E-state index in [4.69, 9.17) is 0 Å². The van der Waals surface area contributed by atoms with Crippen LogP contribution in [0.25, 0.3) is 11.1 Å². The highest BCUT2D eigenvalue weighted by molar-refractivity contribution is 7.12. The van der Waals surface area contributed by atoms with Crippen molar-refractivity contribution in [3.8, 4) is 11.1 Å². The molecule has 1 aliphatic rings. The number of carboxylic acids is 1. The zero-order valence-electron chi connectivity index (χ0n) is 15.5. The van der Waals surface area contributed by atoms with Crippen molar-refractivity contribution in [1.82, 2.24) is 14.7 Å². The Hall–Kier alpha value is -2.93. The largest absolute Gasteiger partial charge is 0.478 e. The van der Waals surface area contributed by atoms with Crippen LogP contribution in [0, 0.1) is 6.92 Å². The molecule has 0 unspecified atom stereocenters. The van der Waals surface area contributed by atoms with Crippen LogP contribution in [0.4, 0.5) is 0 Å². The van der Waals surface area contributed by atoms with Gasteiger partial charge < -0.3 is 10.0 Å². The number of carboxylic acid groups (broad SMARTS) is 1. The molecule has 0 aliphatic carbocycles. The number of piperidine rings is 1. The van der Waals surface area contributed by atoms with Gasteiger partial charge in [-0.15, -0.1) is 11.3 Å². The first-order valence-corrected chi connectivity index (χ1v) is 10.1. The molecule has 2 aromatic heterocycles. The summed E-state index contributed by atoms with van der Waals surface area (Å²) in [4.78, 5) is 27.0. The normalized spacial score (nSPS) is 15.0. The molecule has 0 saturated carbocycles. The van der Waals surface area contributed by atoms with Crippen LogP contribution in [0.3, 0.4) is 0 Å². The van der Waals surface area contributed by atoms with Gasteiger partial charge in [0.25, 0.3) is 5.91 Å². The molecule has 3 aromatic rings. The number of thiophene rings is 1. The molecule has 1 aromatic carbocycles. The minimum absolute atomic E-state index is 0.0655. The maximum atomic E-state index is 13.1. The molecule has 4 rings (SSSR count). The molecular weight excluding hydrogens is 374 g/mol. The van der Waals surface area contributed by atoms with Gasteiger partial charge in [0.1, 0.15) is 5.56 Å². The maximum absolute atomic E-state index is 13.1. The third-order valence-corrected chi connectivity index (χ3v) is 6.22. The molecule has 1 amide bonds. The Bertz CT molecular complexity index is 1000. The zero-order chi connectivity index (χ0) is 19.7. The van der Waals surface area contributed by atoms with Gasteiger partial charge in [0.2, 0.25) is 0 Å². The van der Waals surface area contributed by atoms with Crippen molar-refractivity contribution in [3.63, 3.8) is 0 Å². The summed E-state index contributed by atoms with van der Waals surface area (Å²) in [5.41, 5.74) is 2.94. The Balaban J connectivity index is 1.47. The molecule has 1 N–H and O–H groups in total. The second kappa shape index (κ2) is 7.59. The van der Waals surface area contributed by atoms with Gasteiger partial charge in [-0.05, 0) is 36.8 Å². The third kappa shape index (κ3) is 3.33. The molecule has 1 fully saturated rings. The highest BCUT2D eigenvalue weighted by Crippen LogP contribution is 2.31. The van der Waals surface area contributed by atoms with Crippen LogP contribution in [-0.4, -0.2) is 44.8 Å². The highest BCUT2D eigenvalue weighted by Gasteiger charge is 2.28. The van der Waals surface area contributed by atoms with Crippen LogP contribution >= 0.6 is 11.3 Å². The molecule has 28 heavy (non-hydrogen) atoms. The zero-order valence-corrected chi connectivity index (χ0v) is 16.4. The van der Waals surface area contributed by atoms with E-state index < -0.39 is 5.97 Å². The van der Waals surface area contributed by atoms with Crippen LogP contribution in [0.1, 0.15) is 44.6 Å². The van der Waals surface area contributed by atoms with Gasteiger partial charge in [0, 0.05) is 18.7 Å². The van der Waals surface area contributed by atoms with Gasteiger partial charge in [-0.3, -0.25) is 9.48 Å². The first kappa shape index (κ1) is 18.4. The minimum Gasteiger partial charge on any atom is -0.478 e. The van der Waals surface area contributed by atoms with E-state index in [1.807, 2.05) is 46.7 Å². The number of carbonyl (C=O) groups is 2. The summed E-state index contributed by atoms with van der Waals surface area (Å²) >= 11 is 1.48. The molecular formula is C21H21N3O3S. The minimum atomic E-state index is -0.956. The fourth-order valence-corrected chi connectivity index (χ4v) is 4.66. The smallest absolute Gasteiger partial charge is 0.339 e. The van der Waals surface area contributed by atoms with Crippen molar-refractivity contribution in [2.45, 2.75) is 25.8 Å². The number of nitrogens with zero attached hydrogens (tertiary/aromatic N) is 3. The molecule has 3 heterocycles. The third-order valence-electron chi connectivity index (χ3n) is 5.32. The quantitative estimate of drug-likeness (QED) is 0.722. The first-order valence-electron chi connectivity index (χ1n) is 9.26. The molecule has 0 radical (unpaired) electrons. The number of carbonyl (C=O) groups excluding carboxylic acids is 1. The molecule has 6 nitrogen and oxygen atoms in total. The Morgan fingerprint density at radius 1 is 1.14 bits per heavy atom. The summed E-state index contributed by atoms with van der Waals surface area (Å²) in [7, 11) is 0. The molecule has 1 aliphatic heterocycles. The summed E-state index contributed by atoms with van der Waals surface area (Å²) in [6, 6.07) is 12.1. The molecule has 0 atom stereocenters. The summed E-state index contributed by atoms with van der Waals surface area (Å²) in [6.07, 6.45) is 2.94. The van der Waals surface area contributed by atoms with Crippen LogP contribution in [-0.2, 0) is 0 Å². The molecule has 0 bridgehead atoms. The SMILES string of the molecule is Cc1c(C(=O)O)cnn1C1CCN(C(=O)c2sccc2-c2ccccc2)CC1. The first-order chi connectivity index (χ1) is 13.6. The van der Waals surface area contributed by atoms with Gasteiger partial charge in [-0.25, -0.2) is 4.79 Å². The Morgan fingerprint density at radius 2 is 1.86 bits per heavy atom. The lowest BCUT2D eigenvalue weighted by Crippen LogP contribution is -2.39. The lowest BCUT2D eigenvalue weighted by molar-refractivity contribution is 0.0692. The topological polar surface area (TPSA) is 75.4 Å².